The molecule has 18 heavy (non-hydrogen) atoms. The molecule has 1 aliphatic rings. The quantitative estimate of drug-likeness (QED) is 0.853. The van der Waals surface area contributed by atoms with E-state index in [9.17, 15) is 4.39 Å². The fraction of sp³-hybridized carbons (Fsp3) is 0.231. The minimum absolute atomic E-state index is 0.108. The molecular formula is C13H11BrFNOS. The Bertz CT molecular complexity index is 586. The molecule has 1 unspecified atom stereocenters. The highest BCUT2D eigenvalue weighted by Gasteiger charge is 2.29. The van der Waals surface area contributed by atoms with Gasteiger partial charge in [-0.15, -0.1) is 11.3 Å². The van der Waals surface area contributed by atoms with E-state index in [0.717, 1.165) is 14.9 Å². The molecule has 1 aromatic heterocycles. The molecule has 0 radical (unpaired) electrons. The van der Waals surface area contributed by atoms with Crippen LogP contribution in [-0.2, 0) is 0 Å². The monoisotopic (exact) mass is 327 g/mol. The predicted molar refractivity (Wildman–Crippen MR) is 73.3 cm³/mol. The Balaban J connectivity index is 1.98. The molecule has 2 atom stereocenters. The normalized spacial score (nSPS) is 22.4. The molecule has 0 aliphatic carbocycles. The Hall–Kier alpha value is -0.910. The average molecular weight is 328 g/mol. The van der Waals surface area contributed by atoms with E-state index in [1.165, 1.54) is 12.1 Å². The van der Waals surface area contributed by atoms with Gasteiger partial charge in [-0.1, -0.05) is 6.07 Å². The maximum absolute atomic E-state index is 13.2. The molecule has 2 aromatic rings. The molecule has 2 heterocycles. The van der Waals surface area contributed by atoms with Gasteiger partial charge >= 0.3 is 0 Å². The van der Waals surface area contributed by atoms with Gasteiger partial charge in [-0.05, 0) is 33.4 Å². The van der Waals surface area contributed by atoms with Gasteiger partial charge in [-0.2, -0.15) is 0 Å². The highest BCUT2D eigenvalue weighted by Crippen LogP contribution is 2.43. The fourth-order valence-electron chi connectivity index (χ4n) is 2.17. The van der Waals surface area contributed by atoms with Crippen LogP contribution >= 0.6 is 27.3 Å². The van der Waals surface area contributed by atoms with Crippen LogP contribution in [0.2, 0.25) is 0 Å². The highest BCUT2D eigenvalue weighted by molar-refractivity contribution is 9.10. The molecule has 5 heteroatoms. The van der Waals surface area contributed by atoms with Gasteiger partial charge in [0.1, 0.15) is 17.7 Å². The molecule has 0 bridgehead atoms. The van der Waals surface area contributed by atoms with Gasteiger partial charge < -0.3 is 10.5 Å². The van der Waals surface area contributed by atoms with Crippen LogP contribution in [0.4, 0.5) is 4.39 Å². The maximum atomic E-state index is 13.2. The minimum atomic E-state index is -0.299. The van der Waals surface area contributed by atoms with Crippen LogP contribution in [-0.4, -0.2) is 0 Å². The average Bonchev–Trinajstić information content (AvgIpc) is 2.74. The van der Waals surface area contributed by atoms with Gasteiger partial charge in [0.2, 0.25) is 0 Å². The first-order valence-electron chi connectivity index (χ1n) is 5.59. The van der Waals surface area contributed by atoms with Crippen LogP contribution in [0.3, 0.4) is 0 Å². The molecule has 94 valence electrons. The number of halogens is 2. The molecule has 0 spiro atoms. The standard InChI is InChI=1S/C13H11BrFNOS/c14-9-3-4-18-13(9)12-6-10(16)8-2-1-7(15)5-11(8)17-12/h1-5,10,12H,6,16H2/t10-,12?/m0/s1. The third-order valence-corrected chi connectivity index (χ3v) is 5.01. The third-order valence-electron chi connectivity index (χ3n) is 3.05. The van der Waals surface area contributed by atoms with Crippen LogP contribution in [0.15, 0.2) is 34.1 Å². The van der Waals surface area contributed by atoms with Gasteiger partial charge in [-0.3, -0.25) is 0 Å². The summed E-state index contributed by atoms with van der Waals surface area (Å²) in [5, 5.41) is 2.00. The van der Waals surface area contributed by atoms with Crippen molar-refractivity contribution >= 4 is 27.3 Å². The lowest BCUT2D eigenvalue weighted by atomic mass is 9.96. The summed E-state index contributed by atoms with van der Waals surface area (Å²) in [6, 6.07) is 6.39. The number of hydrogen-bond donors (Lipinski definition) is 1. The zero-order chi connectivity index (χ0) is 12.7. The molecule has 0 amide bonds. The second-order valence-corrected chi connectivity index (χ2v) is 6.07. The van der Waals surface area contributed by atoms with Gasteiger partial charge in [0.25, 0.3) is 0 Å². The number of rotatable bonds is 1. The van der Waals surface area contributed by atoms with Crippen LogP contribution in [0.5, 0.6) is 5.75 Å². The van der Waals surface area contributed by atoms with Crippen molar-refractivity contribution < 1.29 is 9.13 Å². The molecule has 2 nitrogen and oxygen atoms in total. The Morgan fingerprint density at radius 3 is 2.94 bits per heavy atom. The molecular weight excluding hydrogens is 317 g/mol. The fourth-order valence-corrected chi connectivity index (χ4v) is 3.84. The van der Waals surface area contributed by atoms with E-state index < -0.39 is 0 Å². The van der Waals surface area contributed by atoms with Gasteiger partial charge in [0.15, 0.2) is 0 Å². The Morgan fingerprint density at radius 1 is 1.39 bits per heavy atom. The summed E-state index contributed by atoms with van der Waals surface area (Å²) in [5.41, 5.74) is 7.01. The second-order valence-electron chi connectivity index (χ2n) is 4.26. The summed E-state index contributed by atoms with van der Waals surface area (Å²) in [7, 11) is 0. The largest absolute Gasteiger partial charge is 0.484 e. The van der Waals surface area contributed by atoms with Crippen molar-refractivity contribution in [3.63, 3.8) is 0 Å². The van der Waals surface area contributed by atoms with Gasteiger partial charge in [0, 0.05) is 28.6 Å². The smallest absolute Gasteiger partial charge is 0.136 e. The highest BCUT2D eigenvalue weighted by atomic mass is 79.9. The molecule has 1 aliphatic heterocycles. The molecule has 3 rings (SSSR count). The van der Waals surface area contributed by atoms with E-state index in [2.05, 4.69) is 15.9 Å². The van der Waals surface area contributed by atoms with Gasteiger partial charge in [-0.25, -0.2) is 4.39 Å². The number of nitrogens with two attached hydrogens (primary N) is 1. The lowest BCUT2D eigenvalue weighted by molar-refractivity contribution is 0.163. The van der Waals surface area contributed by atoms with E-state index in [-0.39, 0.29) is 18.0 Å². The summed E-state index contributed by atoms with van der Waals surface area (Å²) in [5.74, 6) is 0.255. The molecule has 2 N–H and O–H groups in total. The summed E-state index contributed by atoms with van der Waals surface area (Å²) < 4.78 is 20.1. The van der Waals surface area contributed by atoms with Crippen molar-refractivity contribution in [3.05, 3.63) is 50.4 Å². The summed E-state index contributed by atoms with van der Waals surface area (Å²) >= 11 is 5.11. The minimum Gasteiger partial charge on any atom is -0.484 e. The number of fused-ring (bicyclic) bond motifs is 1. The second kappa shape index (κ2) is 4.64. The van der Waals surface area contributed by atoms with Crippen molar-refractivity contribution in [2.45, 2.75) is 18.6 Å². The van der Waals surface area contributed by atoms with E-state index in [1.54, 1.807) is 17.4 Å². The van der Waals surface area contributed by atoms with Crippen LogP contribution in [0.1, 0.15) is 29.0 Å². The SMILES string of the molecule is N[C@H]1CC(c2sccc2Br)Oc2cc(F)ccc21. The van der Waals surface area contributed by atoms with Crippen LogP contribution in [0.25, 0.3) is 0 Å². The van der Waals surface area contributed by atoms with Crippen molar-refractivity contribution in [1.82, 2.24) is 0 Å². The van der Waals surface area contributed by atoms with Gasteiger partial charge in [0.05, 0.1) is 4.88 Å². The molecule has 0 saturated heterocycles. The predicted octanol–water partition coefficient (Wildman–Crippen LogP) is 4.17. The first-order chi connectivity index (χ1) is 8.65. The number of thiophene rings is 1. The lowest BCUT2D eigenvalue weighted by Crippen LogP contribution is -2.23. The topological polar surface area (TPSA) is 35.2 Å². The third kappa shape index (κ3) is 2.06. The molecule has 0 saturated carbocycles. The van der Waals surface area contributed by atoms with Crippen molar-refractivity contribution in [1.29, 1.82) is 0 Å². The Labute approximate surface area is 117 Å². The zero-order valence-corrected chi connectivity index (χ0v) is 11.8. The number of ether oxygens (including phenoxy) is 1. The number of hydrogen-bond acceptors (Lipinski definition) is 3. The molecule has 1 aromatic carbocycles. The van der Waals surface area contributed by atoms with Crippen molar-refractivity contribution in [3.8, 4) is 5.75 Å². The summed E-state index contributed by atoms with van der Waals surface area (Å²) in [6.45, 7) is 0. The van der Waals surface area contributed by atoms with E-state index >= 15 is 0 Å². The maximum Gasteiger partial charge on any atom is 0.136 e. The Kier molecular flexibility index (Phi) is 3.13. The Morgan fingerprint density at radius 2 is 2.22 bits per heavy atom. The number of benzene rings is 1. The van der Waals surface area contributed by atoms with Crippen LogP contribution in [0, 0.1) is 5.82 Å². The summed E-state index contributed by atoms with van der Waals surface area (Å²) in [4.78, 5) is 1.10. The van der Waals surface area contributed by atoms with E-state index in [1.807, 2.05) is 11.4 Å². The van der Waals surface area contributed by atoms with Crippen LogP contribution < -0.4 is 10.5 Å². The van der Waals surface area contributed by atoms with E-state index in [4.69, 9.17) is 10.5 Å². The zero-order valence-electron chi connectivity index (χ0n) is 9.40. The van der Waals surface area contributed by atoms with Crippen molar-refractivity contribution in [2.24, 2.45) is 5.73 Å². The first kappa shape index (κ1) is 12.1. The van der Waals surface area contributed by atoms with E-state index in [0.29, 0.717) is 12.2 Å². The lowest BCUT2D eigenvalue weighted by Gasteiger charge is -2.30. The summed E-state index contributed by atoms with van der Waals surface area (Å²) in [6.07, 6.45) is 0.598. The van der Waals surface area contributed by atoms with Crippen molar-refractivity contribution in [2.75, 3.05) is 0 Å². The first-order valence-corrected chi connectivity index (χ1v) is 7.27. The molecule has 0 fully saturated rings.